The molecule has 0 fully saturated rings. The first-order valence-corrected chi connectivity index (χ1v) is 7.31. The average molecular weight is 276 g/mol. The molecular weight excluding hydrogens is 256 g/mol. The molecule has 0 radical (unpaired) electrons. The fraction of sp³-hybridized carbons (Fsp3) is 0.400. The van der Waals surface area contributed by atoms with E-state index in [4.69, 9.17) is 4.74 Å². The van der Waals surface area contributed by atoms with E-state index in [0.29, 0.717) is 12.5 Å². The maximum atomic E-state index is 5.80. The van der Waals surface area contributed by atoms with Crippen LogP contribution in [0.3, 0.4) is 0 Å². The van der Waals surface area contributed by atoms with Crippen LogP contribution in [-0.2, 0) is 13.2 Å². The van der Waals surface area contributed by atoms with E-state index < -0.39 is 0 Å². The van der Waals surface area contributed by atoms with E-state index in [-0.39, 0.29) is 0 Å². The van der Waals surface area contributed by atoms with Gasteiger partial charge < -0.3 is 10.1 Å². The maximum absolute atomic E-state index is 5.80. The van der Waals surface area contributed by atoms with Crippen LogP contribution < -0.4 is 10.1 Å². The van der Waals surface area contributed by atoms with Crippen molar-refractivity contribution in [2.75, 3.05) is 7.05 Å². The Morgan fingerprint density at radius 3 is 2.95 bits per heavy atom. The highest BCUT2D eigenvalue weighted by Crippen LogP contribution is 2.21. The van der Waals surface area contributed by atoms with Crippen LogP contribution in [-0.4, -0.2) is 12.0 Å². The van der Waals surface area contributed by atoms with Gasteiger partial charge in [-0.2, -0.15) is 0 Å². The summed E-state index contributed by atoms with van der Waals surface area (Å²) in [5.41, 5.74) is 1.30. The first-order valence-electron chi connectivity index (χ1n) is 6.50. The highest BCUT2D eigenvalue weighted by atomic mass is 32.1. The van der Waals surface area contributed by atoms with Crippen LogP contribution in [0.1, 0.15) is 35.2 Å². The van der Waals surface area contributed by atoms with Gasteiger partial charge in [-0.25, -0.2) is 4.98 Å². The molecule has 0 aliphatic carbocycles. The summed E-state index contributed by atoms with van der Waals surface area (Å²) in [6.45, 7) is 5.77. The molecular formula is C15H20N2OS. The maximum Gasteiger partial charge on any atom is 0.140 e. The molecule has 2 aromatic rings. The number of rotatable bonds is 6. The first-order chi connectivity index (χ1) is 9.19. The van der Waals surface area contributed by atoms with E-state index >= 15 is 0 Å². The average Bonchev–Trinajstić information content (AvgIpc) is 2.85. The molecule has 0 atom stereocenters. The molecule has 1 N–H and O–H groups in total. The Morgan fingerprint density at radius 1 is 1.37 bits per heavy atom. The number of benzene rings is 1. The van der Waals surface area contributed by atoms with Crippen LogP contribution in [0.25, 0.3) is 0 Å². The first kappa shape index (κ1) is 14.0. The van der Waals surface area contributed by atoms with Gasteiger partial charge in [0.15, 0.2) is 0 Å². The Balaban J connectivity index is 1.95. The minimum Gasteiger partial charge on any atom is -0.486 e. The Bertz CT molecular complexity index is 522. The van der Waals surface area contributed by atoms with Crippen molar-refractivity contribution >= 4 is 11.3 Å². The standard InChI is InChI=1S/C15H20N2OS/c1-11(2)12-5-4-6-13(7-12)18-10-15-17-9-14(19-15)8-16-3/h4-7,9,11,16H,8,10H2,1-3H3. The van der Waals surface area contributed by atoms with Crippen molar-refractivity contribution in [1.82, 2.24) is 10.3 Å². The minimum atomic E-state index is 0.519. The van der Waals surface area contributed by atoms with Crippen molar-refractivity contribution in [1.29, 1.82) is 0 Å². The lowest BCUT2D eigenvalue weighted by Crippen LogP contribution is -2.02. The fourth-order valence-electron chi connectivity index (χ4n) is 1.78. The van der Waals surface area contributed by atoms with Gasteiger partial charge >= 0.3 is 0 Å². The zero-order valence-corrected chi connectivity index (χ0v) is 12.5. The summed E-state index contributed by atoms with van der Waals surface area (Å²) in [7, 11) is 1.94. The third-order valence-corrected chi connectivity index (χ3v) is 3.81. The molecule has 0 aliphatic rings. The number of nitrogens with zero attached hydrogens (tertiary/aromatic N) is 1. The molecule has 0 unspecified atom stereocenters. The van der Waals surface area contributed by atoms with Gasteiger partial charge in [-0.15, -0.1) is 11.3 Å². The summed E-state index contributed by atoms with van der Waals surface area (Å²) in [6, 6.07) is 8.27. The zero-order chi connectivity index (χ0) is 13.7. The lowest BCUT2D eigenvalue weighted by atomic mass is 10.0. The quantitative estimate of drug-likeness (QED) is 0.876. The van der Waals surface area contributed by atoms with Crippen molar-refractivity contribution in [3.63, 3.8) is 0 Å². The summed E-state index contributed by atoms with van der Waals surface area (Å²) in [5, 5.41) is 4.13. The molecule has 1 aromatic heterocycles. The van der Waals surface area contributed by atoms with Gasteiger partial charge in [0.2, 0.25) is 0 Å². The fourth-order valence-corrected chi connectivity index (χ4v) is 2.63. The van der Waals surface area contributed by atoms with Gasteiger partial charge in [0.25, 0.3) is 0 Å². The number of hydrogen-bond acceptors (Lipinski definition) is 4. The molecule has 0 aliphatic heterocycles. The number of aromatic nitrogens is 1. The van der Waals surface area contributed by atoms with Gasteiger partial charge in [-0.1, -0.05) is 26.0 Å². The summed E-state index contributed by atoms with van der Waals surface area (Å²) in [6.07, 6.45) is 1.91. The second-order valence-electron chi connectivity index (χ2n) is 4.77. The summed E-state index contributed by atoms with van der Waals surface area (Å²) in [5.74, 6) is 1.43. The predicted octanol–water partition coefficient (Wildman–Crippen LogP) is 3.56. The second-order valence-corrected chi connectivity index (χ2v) is 5.97. The van der Waals surface area contributed by atoms with Crippen LogP contribution >= 0.6 is 11.3 Å². The lowest BCUT2D eigenvalue weighted by Gasteiger charge is -2.08. The van der Waals surface area contributed by atoms with Crippen molar-refractivity contribution in [3.8, 4) is 5.75 Å². The molecule has 19 heavy (non-hydrogen) atoms. The van der Waals surface area contributed by atoms with Gasteiger partial charge in [-0.3, -0.25) is 0 Å². The van der Waals surface area contributed by atoms with Crippen LogP contribution in [0.2, 0.25) is 0 Å². The molecule has 0 saturated heterocycles. The van der Waals surface area contributed by atoms with Crippen LogP contribution in [0, 0.1) is 0 Å². The van der Waals surface area contributed by atoms with Crippen molar-refractivity contribution in [3.05, 3.63) is 45.9 Å². The van der Waals surface area contributed by atoms with E-state index in [1.54, 1.807) is 11.3 Å². The Labute approximate surface area is 118 Å². The van der Waals surface area contributed by atoms with Gasteiger partial charge in [-0.05, 0) is 30.7 Å². The Morgan fingerprint density at radius 2 is 2.21 bits per heavy atom. The van der Waals surface area contributed by atoms with Crippen LogP contribution in [0.4, 0.5) is 0 Å². The van der Waals surface area contributed by atoms with Gasteiger partial charge in [0, 0.05) is 17.6 Å². The number of ether oxygens (including phenoxy) is 1. The van der Waals surface area contributed by atoms with E-state index in [9.17, 15) is 0 Å². The SMILES string of the molecule is CNCc1cnc(COc2cccc(C(C)C)c2)s1. The molecule has 1 heterocycles. The molecule has 102 valence electrons. The van der Waals surface area contributed by atoms with E-state index in [0.717, 1.165) is 17.3 Å². The third-order valence-electron chi connectivity index (χ3n) is 2.84. The Kier molecular flexibility index (Phi) is 4.93. The smallest absolute Gasteiger partial charge is 0.140 e. The minimum absolute atomic E-state index is 0.519. The van der Waals surface area contributed by atoms with Gasteiger partial charge in [0.05, 0.1) is 0 Å². The molecule has 2 rings (SSSR count). The topological polar surface area (TPSA) is 34.2 Å². The molecule has 1 aromatic carbocycles. The highest BCUT2D eigenvalue weighted by Gasteiger charge is 2.04. The van der Waals surface area contributed by atoms with Crippen LogP contribution in [0.5, 0.6) is 5.75 Å². The van der Waals surface area contributed by atoms with E-state index in [2.05, 4.69) is 36.3 Å². The third kappa shape index (κ3) is 4.04. The molecule has 3 nitrogen and oxygen atoms in total. The lowest BCUT2D eigenvalue weighted by molar-refractivity contribution is 0.305. The predicted molar refractivity (Wildman–Crippen MR) is 79.7 cm³/mol. The van der Waals surface area contributed by atoms with Crippen molar-refractivity contribution in [2.45, 2.75) is 32.9 Å². The normalized spacial score (nSPS) is 10.9. The van der Waals surface area contributed by atoms with Crippen LogP contribution in [0.15, 0.2) is 30.5 Å². The summed E-state index contributed by atoms with van der Waals surface area (Å²) < 4.78 is 5.80. The number of nitrogens with one attached hydrogen (secondary N) is 1. The second kappa shape index (κ2) is 6.68. The monoisotopic (exact) mass is 276 g/mol. The van der Waals surface area contributed by atoms with Crippen molar-refractivity contribution in [2.24, 2.45) is 0 Å². The van der Waals surface area contributed by atoms with E-state index in [1.165, 1.54) is 10.4 Å². The molecule has 0 amide bonds. The zero-order valence-electron chi connectivity index (χ0n) is 11.6. The molecule has 0 spiro atoms. The van der Waals surface area contributed by atoms with Gasteiger partial charge in [0.1, 0.15) is 17.4 Å². The Hall–Kier alpha value is -1.39. The summed E-state index contributed by atoms with van der Waals surface area (Å²) in [4.78, 5) is 5.59. The molecule has 0 saturated carbocycles. The summed E-state index contributed by atoms with van der Waals surface area (Å²) >= 11 is 1.69. The molecule has 4 heteroatoms. The largest absolute Gasteiger partial charge is 0.486 e. The number of thiazole rings is 1. The van der Waals surface area contributed by atoms with E-state index in [1.807, 2.05) is 25.4 Å². The van der Waals surface area contributed by atoms with Crippen molar-refractivity contribution < 1.29 is 4.74 Å². The molecule has 0 bridgehead atoms. The highest BCUT2D eigenvalue weighted by molar-refractivity contribution is 7.11. The number of hydrogen-bond donors (Lipinski definition) is 1.